The summed E-state index contributed by atoms with van der Waals surface area (Å²) in [6, 6.07) is 1.67. The van der Waals surface area contributed by atoms with Crippen LogP contribution in [0.15, 0.2) is 12.3 Å². The number of carbonyl (C=O) groups excluding carboxylic acids is 1. The number of ether oxygens (including phenoxy) is 1. The fourth-order valence-electron chi connectivity index (χ4n) is 4.71. The topological polar surface area (TPSA) is 54.5 Å². The highest BCUT2D eigenvalue weighted by molar-refractivity contribution is 6.32. The van der Waals surface area contributed by atoms with Gasteiger partial charge in [-0.3, -0.25) is 10.2 Å². The molecule has 2 saturated carbocycles. The summed E-state index contributed by atoms with van der Waals surface area (Å²) in [7, 11) is 0. The van der Waals surface area contributed by atoms with Gasteiger partial charge in [0.25, 0.3) is 5.91 Å². The molecule has 1 N–H and O–H groups in total. The molecule has 3 fully saturated rings. The lowest BCUT2D eigenvalue weighted by Crippen LogP contribution is -2.51. The van der Waals surface area contributed by atoms with Crippen LogP contribution in [0, 0.1) is 11.8 Å². The molecule has 3 aliphatic rings. The number of hydrogen-bond acceptors (Lipinski definition) is 4. The number of hydrogen-bond donors (Lipinski definition) is 1. The van der Waals surface area contributed by atoms with Crippen LogP contribution in [0.2, 0.25) is 5.02 Å². The number of halogens is 1. The number of fused-ring (bicyclic) bond motifs is 2. The first-order chi connectivity index (χ1) is 12.7. The Morgan fingerprint density at radius 1 is 1.12 bits per heavy atom. The van der Waals surface area contributed by atoms with Gasteiger partial charge in [0.15, 0.2) is 0 Å². The van der Waals surface area contributed by atoms with Crippen LogP contribution in [0.3, 0.4) is 0 Å². The van der Waals surface area contributed by atoms with Crippen molar-refractivity contribution in [3.63, 3.8) is 0 Å². The number of carbonyl (C=O) groups is 1. The molecule has 5 nitrogen and oxygen atoms in total. The van der Waals surface area contributed by atoms with Crippen molar-refractivity contribution in [2.24, 2.45) is 11.8 Å². The summed E-state index contributed by atoms with van der Waals surface area (Å²) in [6.07, 6.45) is 12.7. The Morgan fingerprint density at radius 3 is 2.54 bits per heavy atom. The highest BCUT2D eigenvalue weighted by Crippen LogP contribution is 2.33. The minimum absolute atomic E-state index is 0.136. The molecule has 1 aromatic rings. The highest BCUT2D eigenvalue weighted by atomic mass is 35.5. The summed E-state index contributed by atoms with van der Waals surface area (Å²) in [4.78, 5) is 16.9. The lowest BCUT2D eigenvalue weighted by atomic mass is 9.78. The van der Waals surface area contributed by atoms with Crippen LogP contribution in [0.4, 0.5) is 0 Å². The minimum atomic E-state index is -0.136. The van der Waals surface area contributed by atoms with Gasteiger partial charge < -0.3 is 4.74 Å². The van der Waals surface area contributed by atoms with Crippen LogP contribution >= 0.6 is 11.6 Å². The number of aromatic nitrogens is 1. The molecule has 0 radical (unpaired) electrons. The van der Waals surface area contributed by atoms with Gasteiger partial charge in [-0.05, 0) is 62.8 Å². The Hall–Kier alpha value is -1.33. The van der Waals surface area contributed by atoms with Crippen LogP contribution in [-0.4, -0.2) is 35.1 Å². The molecule has 6 heteroatoms. The van der Waals surface area contributed by atoms with E-state index in [0.29, 0.717) is 16.5 Å². The number of pyridine rings is 1. The lowest BCUT2D eigenvalue weighted by molar-refractivity contribution is 0.0391. The van der Waals surface area contributed by atoms with Crippen molar-refractivity contribution in [3.05, 3.63) is 22.8 Å². The summed E-state index contributed by atoms with van der Waals surface area (Å²) in [5.41, 5.74) is 3.53. The number of piperidine rings is 1. The molecule has 1 amide bonds. The van der Waals surface area contributed by atoms with E-state index in [1.165, 1.54) is 44.9 Å². The Balaban J connectivity index is 1.36. The predicted octanol–water partition coefficient (Wildman–Crippen LogP) is 4.21. The van der Waals surface area contributed by atoms with Crippen molar-refractivity contribution in [1.29, 1.82) is 0 Å². The molecule has 0 spiro atoms. The van der Waals surface area contributed by atoms with E-state index in [2.05, 4.69) is 15.4 Å². The SMILES string of the molecule is O=C(NN1CC2CCCC(C2)C1)c1cnc(OC2CCCCC2)c(Cl)c1. The Bertz CT molecular complexity index is 636. The van der Waals surface area contributed by atoms with Crippen LogP contribution in [0.5, 0.6) is 5.88 Å². The van der Waals surface area contributed by atoms with Gasteiger partial charge in [-0.15, -0.1) is 0 Å². The number of nitrogens with zero attached hydrogens (tertiary/aromatic N) is 2. The molecule has 2 unspecified atom stereocenters. The van der Waals surface area contributed by atoms with E-state index < -0.39 is 0 Å². The number of hydrazine groups is 1. The largest absolute Gasteiger partial charge is 0.473 e. The predicted molar refractivity (Wildman–Crippen MR) is 101 cm³/mol. The summed E-state index contributed by atoms with van der Waals surface area (Å²) in [5.74, 6) is 1.75. The number of nitrogens with one attached hydrogen (secondary N) is 1. The molecule has 26 heavy (non-hydrogen) atoms. The maximum Gasteiger partial charge on any atom is 0.267 e. The average molecular weight is 378 g/mol. The first kappa shape index (κ1) is 18.1. The smallest absolute Gasteiger partial charge is 0.267 e. The first-order valence-corrected chi connectivity index (χ1v) is 10.4. The first-order valence-electron chi connectivity index (χ1n) is 10.1. The Kier molecular flexibility index (Phi) is 5.65. The second-order valence-corrected chi connectivity index (χ2v) is 8.54. The summed E-state index contributed by atoms with van der Waals surface area (Å²) >= 11 is 6.33. The Labute approximate surface area is 160 Å². The zero-order valence-corrected chi connectivity index (χ0v) is 16.0. The van der Waals surface area contributed by atoms with E-state index in [9.17, 15) is 4.79 Å². The third-order valence-electron chi connectivity index (χ3n) is 6.01. The molecule has 142 valence electrons. The third kappa shape index (κ3) is 4.32. The molecule has 1 aliphatic heterocycles. The fourth-order valence-corrected chi connectivity index (χ4v) is 4.92. The zero-order chi connectivity index (χ0) is 17.9. The molecule has 2 heterocycles. The maximum absolute atomic E-state index is 12.6. The zero-order valence-electron chi connectivity index (χ0n) is 15.3. The monoisotopic (exact) mass is 377 g/mol. The number of amides is 1. The van der Waals surface area contributed by atoms with Gasteiger partial charge in [0.2, 0.25) is 5.88 Å². The minimum Gasteiger partial charge on any atom is -0.473 e. The van der Waals surface area contributed by atoms with Gasteiger partial charge in [-0.1, -0.05) is 24.4 Å². The van der Waals surface area contributed by atoms with Gasteiger partial charge in [0.1, 0.15) is 11.1 Å². The van der Waals surface area contributed by atoms with Gasteiger partial charge in [-0.25, -0.2) is 9.99 Å². The number of rotatable bonds is 4. The van der Waals surface area contributed by atoms with Gasteiger partial charge in [-0.2, -0.15) is 0 Å². The summed E-state index contributed by atoms with van der Waals surface area (Å²) in [5, 5.41) is 2.50. The van der Waals surface area contributed by atoms with Crippen molar-refractivity contribution >= 4 is 17.5 Å². The van der Waals surface area contributed by atoms with E-state index >= 15 is 0 Å². The third-order valence-corrected chi connectivity index (χ3v) is 6.28. The maximum atomic E-state index is 12.6. The van der Waals surface area contributed by atoms with Crippen LogP contribution in [0.25, 0.3) is 0 Å². The van der Waals surface area contributed by atoms with E-state index in [0.717, 1.165) is 37.8 Å². The lowest BCUT2D eigenvalue weighted by Gasteiger charge is -2.41. The fraction of sp³-hybridized carbons (Fsp3) is 0.700. The van der Waals surface area contributed by atoms with Crippen molar-refractivity contribution in [2.75, 3.05) is 13.1 Å². The highest BCUT2D eigenvalue weighted by Gasteiger charge is 2.31. The second kappa shape index (κ2) is 8.13. The molecule has 2 aliphatic carbocycles. The molecule has 2 atom stereocenters. The van der Waals surface area contributed by atoms with Crippen molar-refractivity contribution < 1.29 is 9.53 Å². The van der Waals surface area contributed by atoms with Gasteiger partial charge >= 0.3 is 0 Å². The molecule has 2 bridgehead atoms. The van der Waals surface area contributed by atoms with Crippen LogP contribution in [-0.2, 0) is 0 Å². The van der Waals surface area contributed by atoms with Gasteiger partial charge in [0.05, 0.1) is 5.56 Å². The molecular formula is C20H28ClN3O2. The Morgan fingerprint density at radius 2 is 1.85 bits per heavy atom. The standard InChI is InChI=1S/C20H28ClN3O2/c21-18-10-16(11-22-20(18)26-17-7-2-1-3-8-17)19(25)23-24-12-14-5-4-6-15(9-14)13-24/h10-11,14-15,17H,1-9,12-13H2,(H,23,25). The summed E-state index contributed by atoms with van der Waals surface area (Å²) < 4.78 is 5.94. The van der Waals surface area contributed by atoms with Crippen molar-refractivity contribution in [3.8, 4) is 5.88 Å². The molecule has 1 aromatic heterocycles. The molecule has 4 rings (SSSR count). The van der Waals surface area contributed by atoms with Crippen LogP contribution in [0.1, 0.15) is 68.1 Å². The van der Waals surface area contributed by atoms with Gasteiger partial charge in [0, 0.05) is 19.3 Å². The van der Waals surface area contributed by atoms with Crippen LogP contribution < -0.4 is 10.2 Å². The van der Waals surface area contributed by atoms with E-state index in [1.807, 2.05) is 0 Å². The quantitative estimate of drug-likeness (QED) is 0.853. The average Bonchev–Trinajstić information content (AvgIpc) is 2.64. The second-order valence-electron chi connectivity index (χ2n) is 8.13. The van der Waals surface area contributed by atoms with Crippen molar-refractivity contribution in [1.82, 2.24) is 15.4 Å². The van der Waals surface area contributed by atoms with Crippen molar-refractivity contribution in [2.45, 2.75) is 63.9 Å². The molecule has 0 aromatic carbocycles. The summed E-state index contributed by atoms with van der Waals surface area (Å²) in [6.45, 7) is 1.90. The normalized spacial score (nSPS) is 27.1. The molecular weight excluding hydrogens is 350 g/mol. The van der Waals surface area contributed by atoms with E-state index in [-0.39, 0.29) is 12.0 Å². The van der Waals surface area contributed by atoms with E-state index in [1.54, 1.807) is 12.3 Å². The molecule has 1 saturated heterocycles. The van der Waals surface area contributed by atoms with E-state index in [4.69, 9.17) is 16.3 Å².